The Morgan fingerprint density at radius 1 is 1.21 bits per heavy atom. The highest BCUT2D eigenvalue weighted by atomic mass is 19.1. The number of halogens is 1. The van der Waals surface area contributed by atoms with Crippen molar-refractivity contribution in [1.82, 2.24) is 9.78 Å². The molecule has 0 N–H and O–H groups in total. The second-order valence-corrected chi connectivity index (χ2v) is 3.12. The zero-order valence-electron chi connectivity index (χ0n) is 7.89. The third-order valence-corrected chi connectivity index (χ3v) is 2.04. The van der Waals surface area contributed by atoms with E-state index in [0.29, 0.717) is 0 Å². The second-order valence-electron chi connectivity index (χ2n) is 3.12. The van der Waals surface area contributed by atoms with Gasteiger partial charge >= 0.3 is 0 Å². The molecule has 1 heterocycles. The summed E-state index contributed by atoms with van der Waals surface area (Å²) in [5.74, 6) is 0. The molecule has 0 fully saturated rings. The van der Waals surface area contributed by atoms with Crippen molar-refractivity contribution < 1.29 is 4.39 Å². The largest absolute Gasteiger partial charge is 0.239 e. The molecule has 0 aliphatic carbocycles. The maximum absolute atomic E-state index is 12.9. The zero-order valence-corrected chi connectivity index (χ0v) is 7.89. The Hall–Kier alpha value is -1.64. The van der Waals surface area contributed by atoms with Crippen LogP contribution in [0.5, 0.6) is 0 Å². The molecule has 0 saturated carbocycles. The molecule has 0 radical (unpaired) electrons. The van der Waals surface area contributed by atoms with Crippen LogP contribution in [0.15, 0.2) is 42.6 Å². The van der Waals surface area contributed by atoms with Crippen LogP contribution in [-0.4, -0.2) is 9.78 Å². The van der Waals surface area contributed by atoms with Gasteiger partial charge in [-0.05, 0) is 13.0 Å². The number of hydrogen-bond donors (Lipinski definition) is 0. The van der Waals surface area contributed by atoms with Gasteiger partial charge in [-0.2, -0.15) is 5.10 Å². The van der Waals surface area contributed by atoms with Gasteiger partial charge in [0.05, 0.1) is 5.69 Å². The van der Waals surface area contributed by atoms with Gasteiger partial charge in [0, 0.05) is 11.8 Å². The molecule has 14 heavy (non-hydrogen) atoms. The Morgan fingerprint density at radius 3 is 2.50 bits per heavy atom. The van der Waals surface area contributed by atoms with Gasteiger partial charge in [-0.1, -0.05) is 30.3 Å². The molecule has 72 valence electrons. The van der Waals surface area contributed by atoms with Crippen molar-refractivity contribution in [3.8, 4) is 11.3 Å². The van der Waals surface area contributed by atoms with Crippen molar-refractivity contribution in [2.45, 2.75) is 13.2 Å². The fraction of sp³-hybridized carbons (Fsp3) is 0.182. The minimum absolute atomic E-state index is 0.801. The molecule has 0 aliphatic heterocycles. The third kappa shape index (κ3) is 1.66. The maximum Gasteiger partial charge on any atom is 0.188 e. The highest BCUT2D eigenvalue weighted by Crippen LogP contribution is 2.17. The van der Waals surface area contributed by atoms with E-state index in [2.05, 4.69) is 5.10 Å². The predicted octanol–water partition coefficient (Wildman–Crippen LogP) is 3.04. The van der Waals surface area contributed by atoms with Crippen molar-refractivity contribution in [3.05, 3.63) is 42.6 Å². The number of alkyl halides is 1. The lowest BCUT2D eigenvalue weighted by Crippen LogP contribution is -1.99. The average molecular weight is 190 g/mol. The number of hydrogen-bond acceptors (Lipinski definition) is 1. The van der Waals surface area contributed by atoms with Crippen LogP contribution >= 0.6 is 0 Å². The van der Waals surface area contributed by atoms with Crippen LogP contribution in [-0.2, 0) is 0 Å². The standard InChI is InChI=1S/C11H11FN2/c1-9(12)14-8-7-11(13-14)10-5-3-2-4-6-10/h2-9H,1H3. The summed E-state index contributed by atoms with van der Waals surface area (Å²) in [5, 5.41) is 4.12. The van der Waals surface area contributed by atoms with Gasteiger partial charge < -0.3 is 0 Å². The number of rotatable bonds is 2. The van der Waals surface area contributed by atoms with Crippen LogP contribution in [0, 0.1) is 0 Å². The summed E-state index contributed by atoms with van der Waals surface area (Å²) in [7, 11) is 0. The Balaban J connectivity index is 2.34. The third-order valence-electron chi connectivity index (χ3n) is 2.04. The van der Waals surface area contributed by atoms with Gasteiger partial charge in [-0.3, -0.25) is 0 Å². The molecule has 1 aromatic carbocycles. The summed E-state index contributed by atoms with van der Waals surface area (Å²) >= 11 is 0. The van der Waals surface area contributed by atoms with E-state index in [1.54, 1.807) is 6.20 Å². The van der Waals surface area contributed by atoms with Gasteiger partial charge in [0.25, 0.3) is 0 Å². The molecule has 1 unspecified atom stereocenters. The first-order valence-corrected chi connectivity index (χ1v) is 4.52. The van der Waals surface area contributed by atoms with E-state index in [1.807, 2.05) is 36.4 Å². The van der Waals surface area contributed by atoms with Crippen molar-refractivity contribution >= 4 is 0 Å². The normalized spacial score (nSPS) is 12.7. The first-order valence-electron chi connectivity index (χ1n) is 4.52. The van der Waals surface area contributed by atoms with E-state index in [1.165, 1.54) is 11.6 Å². The molecule has 2 nitrogen and oxygen atoms in total. The van der Waals surface area contributed by atoms with E-state index >= 15 is 0 Å². The quantitative estimate of drug-likeness (QED) is 0.711. The monoisotopic (exact) mass is 190 g/mol. The Bertz CT molecular complexity index is 406. The topological polar surface area (TPSA) is 17.8 Å². The average Bonchev–Trinajstić information content (AvgIpc) is 2.68. The first-order chi connectivity index (χ1) is 6.77. The van der Waals surface area contributed by atoms with E-state index in [4.69, 9.17) is 0 Å². The van der Waals surface area contributed by atoms with Crippen LogP contribution < -0.4 is 0 Å². The predicted molar refractivity (Wildman–Crippen MR) is 53.5 cm³/mol. The Morgan fingerprint density at radius 2 is 1.93 bits per heavy atom. The number of benzene rings is 1. The van der Waals surface area contributed by atoms with Crippen molar-refractivity contribution in [2.75, 3.05) is 0 Å². The summed E-state index contributed by atoms with van der Waals surface area (Å²) in [6.07, 6.45) is 0.569. The van der Waals surface area contributed by atoms with Crippen molar-refractivity contribution in [1.29, 1.82) is 0 Å². The lowest BCUT2D eigenvalue weighted by Gasteiger charge is -2.00. The minimum Gasteiger partial charge on any atom is -0.239 e. The van der Waals surface area contributed by atoms with Crippen LogP contribution in [0.2, 0.25) is 0 Å². The number of aromatic nitrogens is 2. The summed E-state index contributed by atoms with van der Waals surface area (Å²) in [4.78, 5) is 0. The van der Waals surface area contributed by atoms with Gasteiger partial charge in [0.15, 0.2) is 6.30 Å². The fourth-order valence-corrected chi connectivity index (χ4v) is 1.30. The van der Waals surface area contributed by atoms with Crippen molar-refractivity contribution in [2.24, 2.45) is 0 Å². The number of nitrogens with zero attached hydrogens (tertiary/aromatic N) is 2. The molecule has 1 aromatic heterocycles. The molecular weight excluding hydrogens is 179 g/mol. The molecule has 1 atom stereocenters. The highest BCUT2D eigenvalue weighted by molar-refractivity contribution is 5.57. The molecular formula is C11H11FN2. The van der Waals surface area contributed by atoms with Gasteiger partial charge in [0.2, 0.25) is 0 Å². The molecule has 0 aliphatic rings. The van der Waals surface area contributed by atoms with E-state index in [0.717, 1.165) is 11.3 Å². The van der Waals surface area contributed by atoms with Gasteiger partial charge in [-0.25, -0.2) is 9.07 Å². The molecule has 0 amide bonds. The smallest absolute Gasteiger partial charge is 0.188 e. The minimum atomic E-state index is -1.08. The summed E-state index contributed by atoms with van der Waals surface area (Å²) in [6, 6.07) is 11.5. The lowest BCUT2D eigenvalue weighted by molar-refractivity contribution is 0.246. The van der Waals surface area contributed by atoms with E-state index in [-0.39, 0.29) is 0 Å². The molecule has 2 rings (SSSR count). The van der Waals surface area contributed by atoms with Gasteiger partial charge in [0.1, 0.15) is 0 Å². The molecule has 2 aromatic rings. The van der Waals surface area contributed by atoms with E-state index < -0.39 is 6.30 Å². The van der Waals surface area contributed by atoms with Crippen LogP contribution in [0.1, 0.15) is 13.2 Å². The summed E-state index contributed by atoms with van der Waals surface area (Å²) < 4.78 is 14.2. The Labute approximate surface area is 82.0 Å². The molecule has 0 bridgehead atoms. The van der Waals surface area contributed by atoms with Crippen LogP contribution in [0.4, 0.5) is 4.39 Å². The first kappa shape index (κ1) is 8.94. The van der Waals surface area contributed by atoms with E-state index in [9.17, 15) is 4.39 Å². The van der Waals surface area contributed by atoms with Crippen LogP contribution in [0.3, 0.4) is 0 Å². The lowest BCUT2D eigenvalue weighted by atomic mass is 10.2. The fourth-order valence-electron chi connectivity index (χ4n) is 1.30. The SMILES string of the molecule is CC(F)n1ccc(-c2ccccc2)n1. The molecule has 0 spiro atoms. The Kier molecular flexibility index (Phi) is 2.31. The molecule has 3 heteroatoms. The highest BCUT2D eigenvalue weighted by Gasteiger charge is 2.04. The summed E-state index contributed by atoms with van der Waals surface area (Å²) in [5.41, 5.74) is 1.81. The maximum atomic E-state index is 12.9. The van der Waals surface area contributed by atoms with Crippen molar-refractivity contribution in [3.63, 3.8) is 0 Å². The summed E-state index contributed by atoms with van der Waals surface area (Å²) in [6.45, 7) is 1.46. The molecule has 0 saturated heterocycles. The zero-order chi connectivity index (χ0) is 9.97. The van der Waals surface area contributed by atoms with Crippen LogP contribution in [0.25, 0.3) is 11.3 Å². The second kappa shape index (κ2) is 3.62. The van der Waals surface area contributed by atoms with Gasteiger partial charge in [-0.15, -0.1) is 0 Å².